The third-order valence-corrected chi connectivity index (χ3v) is 2.55. The molecule has 68 valence electrons. The molecule has 2 rings (SSSR count). The van der Waals surface area contributed by atoms with Crippen LogP contribution in [0.15, 0.2) is 18.2 Å². The first-order chi connectivity index (χ1) is 6.18. The number of primary amides is 1. The van der Waals surface area contributed by atoms with Crippen LogP contribution in [0.2, 0.25) is 0 Å². The summed E-state index contributed by atoms with van der Waals surface area (Å²) in [5.41, 5.74) is 7.27. The smallest absolute Gasteiger partial charge is 0.224 e. The molecule has 3 heteroatoms. The van der Waals surface area contributed by atoms with E-state index in [4.69, 9.17) is 5.73 Å². The molecule has 0 saturated heterocycles. The molecular formula is C10H11NO2. The van der Waals surface area contributed by atoms with Gasteiger partial charge in [-0.2, -0.15) is 0 Å². The van der Waals surface area contributed by atoms with Gasteiger partial charge >= 0.3 is 0 Å². The topological polar surface area (TPSA) is 63.3 Å². The summed E-state index contributed by atoms with van der Waals surface area (Å²) in [5, 5.41) is 9.21. The molecule has 0 heterocycles. The summed E-state index contributed by atoms with van der Waals surface area (Å²) in [5.74, 6) is -0.177. The summed E-state index contributed by atoms with van der Waals surface area (Å²) in [6, 6.07) is 5.09. The summed E-state index contributed by atoms with van der Waals surface area (Å²) in [6.07, 6.45) is 1.60. The molecule has 1 aromatic rings. The van der Waals surface area contributed by atoms with Gasteiger partial charge in [0.15, 0.2) is 0 Å². The van der Waals surface area contributed by atoms with Crippen molar-refractivity contribution in [2.45, 2.75) is 18.8 Å². The Morgan fingerprint density at radius 1 is 1.54 bits per heavy atom. The van der Waals surface area contributed by atoms with E-state index < -0.39 is 0 Å². The fourth-order valence-electron chi connectivity index (χ4n) is 1.90. The van der Waals surface area contributed by atoms with E-state index in [2.05, 4.69) is 0 Å². The van der Waals surface area contributed by atoms with Gasteiger partial charge in [0, 0.05) is 0 Å². The average molecular weight is 177 g/mol. The molecule has 0 spiro atoms. The molecule has 1 aromatic carbocycles. The van der Waals surface area contributed by atoms with Crippen LogP contribution < -0.4 is 5.73 Å². The molecule has 0 radical (unpaired) electrons. The predicted molar refractivity (Wildman–Crippen MR) is 48.4 cm³/mol. The highest BCUT2D eigenvalue weighted by atomic mass is 16.3. The number of hydrogen-bond donors (Lipinski definition) is 2. The highest BCUT2D eigenvalue weighted by Crippen LogP contribution is 2.34. The number of rotatable bonds is 1. The van der Waals surface area contributed by atoms with Crippen LogP contribution in [-0.2, 0) is 11.2 Å². The number of nitrogens with two attached hydrogens (primary N) is 1. The Labute approximate surface area is 76.2 Å². The Bertz CT molecular complexity index is 360. The highest BCUT2D eigenvalue weighted by molar-refractivity contribution is 5.83. The highest BCUT2D eigenvalue weighted by Gasteiger charge is 2.26. The summed E-state index contributed by atoms with van der Waals surface area (Å²) < 4.78 is 0. The number of fused-ring (bicyclic) bond motifs is 1. The average Bonchev–Trinajstić information content (AvgIpc) is 2.46. The lowest BCUT2D eigenvalue weighted by Gasteiger charge is -2.05. The van der Waals surface area contributed by atoms with Crippen LogP contribution in [0.25, 0.3) is 0 Å². The third-order valence-electron chi connectivity index (χ3n) is 2.55. The maximum absolute atomic E-state index is 11.0. The molecule has 1 amide bonds. The Kier molecular flexibility index (Phi) is 1.72. The van der Waals surface area contributed by atoms with E-state index in [9.17, 15) is 9.90 Å². The van der Waals surface area contributed by atoms with E-state index in [-0.39, 0.29) is 17.6 Å². The second-order valence-corrected chi connectivity index (χ2v) is 3.38. The number of amides is 1. The first-order valence-electron chi connectivity index (χ1n) is 4.29. The minimum Gasteiger partial charge on any atom is -0.508 e. The zero-order valence-corrected chi connectivity index (χ0v) is 7.16. The van der Waals surface area contributed by atoms with E-state index >= 15 is 0 Å². The molecule has 3 N–H and O–H groups in total. The molecular weight excluding hydrogens is 166 g/mol. The van der Waals surface area contributed by atoms with Gasteiger partial charge in [-0.3, -0.25) is 4.79 Å². The van der Waals surface area contributed by atoms with Gasteiger partial charge in [0.2, 0.25) is 5.91 Å². The number of phenolic OH excluding ortho intramolecular Hbond substituents is 1. The van der Waals surface area contributed by atoms with Crippen LogP contribution in [-0.4, -0.2) is 11.0 Å². The maximum Gasteiger partial charge on any atom is 0.224 e. The van der Waals surface area contributed by atoms with Crippen LogP contribution in [0, 0.1) is 0 Å². The molecule has 0 unspecified atom stereocenters. The van der Waals surface area contributed by atoms with E-state index in [1.165, 1.54) is 0 Å². The van der Waals surface area contributed by atoms with E-state index in [0.717, 1.165) is 24.0 Å². The molecule has 0 fully saturated rings. The molecule has 0 saturated carbocycles. The number of hydrogen-bond acceptors (Lipinski definition) is 2. The molecule has 13 heavy (non-hydrogen) atoms. The lowest BCUT2D eigenvalue weighted by atomic mass is 10.0. The van der Waals surface area contributed by atoms with Crippen molar-refractivity contribution >= 4 is 5.91 Å². The van der Waals surface area contributed by atoms with Gasteiger partial charge in [0.25, 0.3) is 0 Å². The van der Waals surface area contributed by atoms with Crippen molar-refractivity contribution in [1.29, 1.82) is 0 Å². The number of carbonyl (C=O) groups is 1. The van der Waals surface area contributed by atoms with E-state index in [1.807, 2.05) is 0 Å². The van der Waals surface area contributed by atoms with Gasteiger partial charge in [-0.25, -0.2) is 0 Å². The van der Waals surface area contributed by atoms with Gasteiger partial charge in [0.1, 0.15) is 5.75 Å². The first-order valence-corrected chi connectivity index (χ1v) is 4.29. The molecule has 1 aliphatic rings. The molecule has 0 aliphatic heterocycles. The summed E-state index contributed by atoms with van der Waals surface area (Å²) in [6.45, 7) is 0. The van der Waals surface area contributed by atoms with Crippen molar-refractivity contribution in [3.8, 4) is 5.75 Å². The van der Waals surface area contributed by atoms with Crippen molar-refractivity contribution in [2.75, 3.05) is 0 Å². The van der Waals surface area contributed by atoms with Gasteiger partial charge in [-0.15, -0.1) is 0 Å². The third kappa shape index (κ3) is 1.26. The van der Waals surface area contributed by atoms with Gasteiger partial charge in [-0.1, -0.05) is 6.07 Å². The SMILES string of the molecule is NC(=O)[C@@H]1CCc2cc(O)ccc21. The number of aromatic hydroxyl groups is 1. The summed E-state index contributed by atoms with van der Waals surface area (Å²) >= 11 is 0. The number of aryl methyl sites for hydroxylation is 1. The quantitative estimate of drug-likeness (QED) is 0.669. The van der Waals surface area contributed by atoms with Crippen LogP contribution >= 0.6 is 0 Å². The fourth-order valence-corrected chi connectivity index (χ4v) is 1.90. The Morgan fingerprint density at radius 2 is 2.31 bits per heavy atom. The van der Waals surface area contributed by atoms with E-state index in [1.54, 1.807) is 18.2 Å². The van der Waals surface area contributed by atoms with E-state index in [0.29, 0.717) is 0 Å². The van der Waals surface area contributed by atoms with Crippen molar-refractivity contribution in [1.82, 2.24) is 0 Å². The lowest BCUT2D eigenvalue weighted by Crippen LogP contribution is -2.19. The second kappa shape index (κ2) is 2.76. The largest absolute Gasteiger partial charge is 0.508 e. The predicted octanol–water partition coefficient (Wildman–Crippen LogP) is 0.907. The van der Waals surface area contributed by atoms with Gasteiger partial charge in [0.05, 0.1) is 5.92 Å². The standard InChI is InChI=1S/C10H11NO2/c11-10(13)9-3-1-6-5-7(12)2-4-8(6)9/h2,4-5,9,12H,1,3H2,(H2,11,13)/t9-/m1/s1. The lowest BCUT2D eigenvalue weighted by molar-refractivity contribution is -0.119. The van der Waals surface area contributed by atoms with Gasteiger partial charge in [-0.05, 0) is 36.1 Å². The zero-order valence-electron chi connectivity index (χ0n) is 7.16. The Hall–Kier alpha value is -1.51. The molecule has 1 atom stereocenters. The molecule has 0 aromatic heterocycles. The van der Waals surface area contributed by atoms with Crippen LogP contribution in [0.4, 0.5) is 0 Å². The molecule has 1 aliphatic carbocycles. The van der Waals surface area contributed by atoms with Crippen molar-refractivity contribution in [2.24, 2.45) is 5.73 Å². The van der Waals surface area contributed by atoms with Gasteiger partial charge < -0.3 is 10.8 Å². The fraction of sp³-hybridized carbons (Fsp3) is 0.300. The normalized spacial score (nSPS) is 19.8. The Morgan fingerprint density at radius 3 is 3.00 bits per heavy atom. The number of phenols is 1. The molecule has 0 bridgehead atoms. The minimum atomic E-state index is -0.274. The maximum atomic E-state index is 11.0. The summed E-state index contributed by atoms with van der Waals surface area (Å²) in [4.78, 5) is 11.0. The zero-order chi connectivity index (χ0) is 9.42. The number of carbonyl (C=O) groups excluding carboxylic acids is 1. The van der Waals surface area contributed by atoms with Crippen LogP contribution in [0.3, 0.4) is 0 Å². The summed E-state index contributed by atoms with van der Waals surface area (Å²) in [7, 11) is 0. The van der Waals surface area contributed by atoms with Crippen molar-refractivity contribution in [3.05, 3.63) is 29.3 Å². The number of benzene rings is 1. The molecule has 3 nitrogen and oxygen atoms in total. The minimum absolute atomic E-state index is 0.157. The monoisotopic (exact) mass is 177 g/mol. The van der Waals surface area contributed by atoms with Crippen molar-refractivity contribution < 1.29 is 9.90 Å². The van der Waals surface area contributed by atoms with Crippen LogP contribution in [0.1, 0.15) is 23.5 Å². The second-order valence-electron chi connectivity index (χ2n) is 3.38. The van der Waals surface area contributed by atoms with Crippen LogP contribution in [0.5, 0.6) is 5.75 Å². The Balaban J connectivity index is 2.44. The van der Waals surface area contributed by atoms with Crippen molar-refractivity contribution in [3.63, 3.8) is 0 Å². The first kappa shape index (κ1) is 8.10.